The third-order valence-corrected chi connectivity index (χ3v) is 7.10. The molecule has 1 saturated carbocycles. The van der Waals surface area contributed by atoms with Crippen LogP contribution in [0.2, 0.25) is 0 Å². The Morgan fingerprint density at radius 2 is 1.94 bits per heavy atom. The second-order valence-corrected chi connectivity index (χ2v) is 10.8. The number of amides is 2. The molecule has 3 aromatic rings. The number of fused-ring (bicyclic) bond motifs is 3. The lowest BCUT2D eigenvalue weighted by molar-refractivity contribution is -0.128. The van der Waals surface area contributed by atoms with Crippen LogP contribution in [0.25, 0.3) is 22.0 Å². The first kappa shape index (κ1) is 23.9. The van der Waals surface area contributed by atoms with Crippen molar-refractivity contribution >= 4 is 22.9 Å². The number of aromatic nitrogens is 2. The molecule has 2 N–H and O–H groups in total. The largest absolute Gasteiger partial charge is 0.444 e. The summed E-state index contributed by atoms with van der Waals surface area (Å²) in [6.07, 6.45) is 4.33. The number of piperidine rings is 1. The van der Waals surface area contributed by atoms with E-state index in [0.29, 0.717) is 6.42 Å². The van der Waals surface area contributed by atoms with Crippen molar-refractivity contribution in [2.24, 2.45) is 5.92 Å². The fourth-order valence-corrected chi connectivity index (χ4v) is 5.48. The molecule has 0 radical (unpaired) electrons. The van der Waals surface area contributed by atoms with Crippen LogP contribution in [-0.2, 0) is 16.0 Å². The third kappa shape index (κ3) is 4.78. The highest BCUT2D eigenvalue weighted by Crippen LogP contribution is 2.43. The molecular weight excluding hydrogens is 454 g/mol. The predicted octanol–water partition coefficient (Wildman–Crippen LogP) is 4.57. The van der Waals surface area contributed by atoms with Crippen molar-refractivity contribution in [2.45, 2.75) is 70.2 Å². The molecule has 2 amide bonds. The summed E-state index contributed by atoms with van der Waals surface area (Å²) >= 11 is 0. The van der Waals surface area contributed by atoms with Gasteiger partial charge in [0, 0.05) is 17.8 Å². The number of hydrogen-bond donors (Lipinski definition) is 2. The van der Waals surface area contributed by atoms with Gasteiger partial charge in [0.25, 0.3) is 0 Å². The average Bonchev–Trinajstić information content (AvgIpc) is 3.58. The molecule has 2 fully saturated rings. The molecule has 2 aromatic carbocycles. The third-order valence-electron chi connectivity index (χ3n) is 7.10. The maximum absolute atomic E-state index is 13.3. The Labute approximate surface area is 210 Å². The summed E-state index contributed by atoms with van der Waals surface area (Å²) in [5, 5.41) is 20.7. The lowest BCUT2D eigenvalue weighted by Crippen LogP contribution is -2.55. The van der Waals surface area contributed by atoms with E-state index in [9.17, 15) is 14.9 Å². The molecule has 2 aliphatic rings. The van der Waals surface area contributed by atoms with Gasteiger partial charge in [0.05, 0.1) is 17.8 Å². The van der Waals surface area contributed by atoms with Gasteiger partial charge in [-0.15, -0.1) is 0 Å². The van der Waals surface area contributed by atoms with Gasteiger partial charge in [0.15, 0.2) is 0 Å². The molecule has 4 atom stereocenters. The first-order chi connectivity index (χ1) is 17.2. The van der Waals surface area contributed by atoms with Gasteiger partial charge < -0.3 is 10.1 Å². The van der Waals surface area contributed by atoms with Crippen LogP contribution >= 0.6 is 0 Å². The van der Waals surface area contributed by atoms with E-state index in [4.69, 9.17) is 4.74 Å². The number of nitriles is 1. The van der Waals surface area contributed by atoms with Crippen molar-refractivity contribution in [3.05, 3.63) is 54.2 Å². The number of nitrogens with zero attached hydrogens (tertiary/aromatic N) is 3. The summed E-state index contributed by atoms with van der Waals surface area (Å²) in [6, 6.07) is 15.1. The minimum atomic E-state index is -0.690. The first-order valence-corrected chi connectivity index (χ1v) is 12.5. The molecule has 0 spiro atoms. The second-order valence-electron chi connectivity index (χ2n) is 10.8. The summed E-state index contributed by atoms with van der Waals surface area (Å²) in [7, 11) is 0. The van der Waals surface area contributed by atoms with Gasteiger partial charge in [0.2, 0.25) is 5.91 Å². The average molecular weight is 486 g/mol. The molecule has 1 aliphatic carbocycles. The molecule has 8 heteroatoms. The fourth-order valence-electron chi connectivity index (χ4n) is 5.48. The minimum absolute atomic E-state index is 0.0231. The number of ether oxygens (including phenoxy) is 1. The van der Waals surface area contributed by atoms with Crippen LogP contribution in [0.3, 0.4) is 0 Å². The number of nitrogens with one attached hydrogen (secondary N) is 2. The normalized spacial score (nSPS) is 21.8. The second kappa shape index (κ2) is 9.30. The molecule has 8 nitrogen and oxygen atoms in total. The molecule has 2 heterocycles. The zero-order valence-electron chi connectivity index (χ0n) is 20.8. The summed E-state index contributed by atoms with van der Waals surface area (Å²) < 4.78 is 5.59. The highest BCUT2D eigenvalue weighted by Gasteiger charge is 2.52. The lowest BCUT2D eigenvalue weighted by atomic mass is 9.97. The quantitative estimate of drug-likeness (QED) is 0.550. The maximum Gasteiger partial charge on any atom is 0.411 e. The topological polar surface area (TPSA) is 111 Å². The van der Waals surface area contributed by atoms with E-state index >= 15 is 0 Å². The number of benzene rings is 2. The summed E-state index contributed by atoms with van der Waals surface area (Å²) in [6.45, 7) is 5.46. The van der Waals surface area contributed by atoms with Gasteiger partial charge in [-0.2, -0.15) is 10.4 Å². The van der Waals surface area contributed by atoms with Crippen LogP contribution in [0.1, 0.15) is 45.6 Å². The number of carbonyl (C=O) groups excluding carboxylic acids is 2. The Kier molecular flexibility index (Phi) is 6.17. The Hall–Kier alpha value is -3.86. The van der Waals surface area contributed by atoms with Crippen LogP contribution in [-0.4, -0.2) is 50.8 Å². The Balaban J connectivity index is 1.25. The summed E-state index contributed by atoms with van der Waals surface area (Å²) in [5.41, 5.74) is 3.45. The Bertz CT molecular complexity index is 1320. The van der Waals surface area contributed by atoms with Crippen LogP contribution in [0.5, 0.6) is 0 Å². The van der Waals surface area contributed by atoms with E-state index in [-0.39, 0.29) is 17.9 Å². The smallest absolute Gasteiger partial charge is 0.411 e. The zero-order chi connectivity index (χ0) is 25.4. The van der Waals surface area contributed by atoms with Gasteiger partial charge in [-0.05, 0) is 74.8 Å². The van der Waals surface area contributed by atoms with E-state index in [0.717, 1.165) is 46.9 Å². The minimum Gasteiger partial charge on any atom is -0.444 e. The number of carbonyl (C=O) groups is 2. The molecule has 186 valence electrons. The van der Waals surface area contributed by atoms with E-state index in [1.54, 1.807) is 11.1 Å². The molecular formula is C28H31N5O3. The Morgan fingerprint density at radius 3 is 2.67 bits per heavy atom. The molecule has 5 rings (SSSR count). The van der Waals surface area contributed by atoms with E-state index in [2.05, 4.69) is 27.6 Å². The number of likely N-dealkylation sites (tertiary alicyclic amines) is 1. The highest BCUT2D eigenvalue weighted by molar-refractivity contribution is 5.88. The summed E-state index contributed by atoms with van der Waals surface area (Å²) in [5.74, 6) is -0.168. The summed E-state index contributed by atoms with van der Waals surface area (Å²) in [4.78, 5) is 27.8. The van der Waals surface area contributed by atoms with Crippen molar-refractivity contribution < 1.29 is 14.3 Å². The van der Waals surface area contributed by atoms with Crippen LogP contribution in [0.15, 0.2) is 48.7 Å². The fraction of sp³-hybridized carbons (Fsp3) is 0.429. The number of H-pyrrole nitrogens is 1. The molecule has 1 saturated heterocycles. The van der Waals surface area contributed by atoms with Crippen LogP contribution in [0.4, 0.5) is 4.79 Å². The van der Waals surface area contributed by atoms with Crippen LogP contribution in [0, 0.1) is 17.2 Å². The standard InChI is InChI=1S/C28H31N5O3/c1-28(2,3)36-27(35)33-23-10-8-20(14-23)25(33)26(34)31-22(15-29)12-17-4-6-18(7-5-17)19-9-11-24-21(13-19)16-30-32-24/h4-7,9,11,13,16,20,22-23,25H,8,10,12,14H2,1-3H3,(H,30,32)(H,31,34). The molecule has 1 aromatic heterocycles. The predicted molar refractivity (Wildman–Crippen MR) is 136 cm³/mol. The van der Waals surface area contributed by atoms with Crippen molar-refractivity contribution in [3.8, 4) is 17.2 Å². The monoisotopic (exact) mass is 485 g/mol. The van der Waals surface area contributed by atoms with Crippen molar-refractivity contribution in [2.75, 3.05) is 0 Å². The van der Waals surface area contributed by atoms with Gasteiger partial charge in [-0.3, -0.25) is 14.8 Å². The molecule has 36 heavy (non-hydrogen) atoms. The zero-order valence-corrected chi connectivity index (χ0v) is 20.8. The maximum atomic E-state index is 13.3. The van der Waals surface area contributed by atoms with Crippen molar-refractivity contribution in [3.63, 3.8) is 0 Å². The lowest BCUT2D eigenvalue weighted by Gasteiger charge is -2.35. The molecule has 1 aliphatic heterocycles. The number of hydrogen-bond acceptors (Lipinski definition) is 5. The SMILES string of the molecule is CC(C)(C)OC(=O)N1C2CCC(C2)C1C(=O)NC(C#N)Cc1ccc(-c2ccc3[nH]ncc3c2)cc1. The number of rotatable bonds is 5. The highest BCUT2D eigenvalue weighted by atomic mass is 16.6. The van der Waals surface area contributed by atoms with Gasteiger partial charge >= 0.3 is 6.09 Å². The van der Waals surface area contributed by atoms with Crippen molar-refractivity contribution in [1.82, 2.24) is 20.4 Å². The van der Waals surface area contributed by atoms with E-state index in [1.165, 1.54) is 0 Å². The first-order valence-electron chi connectivity index (χ1n) is 12.5. The molecule has 4 unspecified atom stereocenters. The van der Waals surface area contributed by atoms with E-state index < -0.39 is 23.8 Å². The van der Waals surface area contributed by atoms with Crippen molar-refractivity contribution in [1.29, 1.82) is 5.26 Å². The number of aromatic amines is 1. The van der Waals surface area contributed by atoms with E-state index in [1.807, 2.05) is 57.2 Å². The van der Waals surface area contributed by atoms with Gasteiger partial charge in [-0.25, -0.2) is 4.79 Å². The van der Waals surface area contributed by atoms with Crippen LogP contribution < -0.4 is 5.32 Å². The molecule has 2 bridgehead atoms. The van der Waals surface area contributed by atoms with Gasteiger partial charge in [0.1, 0.15) is 17.7 Å². The Morgan fingerprint density at radius 1 is 1.19 bits per heavy atom. The van der Waals surface area contributed by atoms with Gasteiger partial charge in [-0.1, -0.05) is 30.3 Å².